The fourth-order valence-corrected chi connectivity index (χ4v) is 2.77. The van der Waals surface area contributed by atoms with Gasteiger partial charge in [0.2, 0.25) is 0 Å². The van der Waals surface area contributed by atoms with Gasteiger partial charge in [0.25, 0.3) is 0 Å². The van der Waals surface area contributed by atoms with E-state index >= 15 is 0 Å². The summed E-state index contributed by atoms with van der Waals surface area (Å²) < 4.78 is 0. The Hall–Kier alpha value is -1.84. The van der Waals surface area contributed by atoms with Crippen molar-refractivity contribution in [1.82, 2.24) is 4.90 Å². The average Bonchev–Trinajstić information content (AvgIpc) is 2.48. The molecule has 2 atom stereocenters. The van der Waals surface area contributed by atoms with Crippen molar-refractivity contribution in [2.24, 2.45) is 0 Å². The molecular formula is C19H26N2O. The highest BCUT2D eigenvalue weighted by Gasteiger charge is 2.26. The summed E-state index contributed by atoms with van der Waals surface area (Å²) >= 11 is 0. The minimum Gasteiger partial charge on any atom is -0.389 e. The topological polar surface area (TPSA) is 26.7 Å². The molecule has 0 radical (unpaired) electrons. The summed E-state index contributed by atoms with van der Waals surface area (Å²) in [5, 5.41) is 10.7. The van der Waals surface area contributed by atoms with E-state index in [-0.39, 0.29) is 6.04 Å². The second-order valence-electron chi connectivity index (χ2n) is 6.13. The SMILES string of the molecule is Cc1ccc(N(C)[C@H](c2ccccc2)[C@@H](O)CN(C)C)cc1. The van der Waals surface area contributed by atoms with E-state index in [1.165, 1.54) is 5.56 Å². The maximum atomic E-state index is 10.7. The fraction of sp³-hybridized carbons (Fsp3) is 0.368. The van der Waals surface area contributed by atoms with E-state index in [4.69, 9.17) is 0 Å². The van der Waals surface area contributed by atoms with Gasteiger partial charge in [0, 0.05) is 19.3 Å². The van der Waals surface area contributed by atoms with Gasteiger partial charge in [0.15, 0.2) is 0 Å². The Labute approximate surface area is 133 Å². The zero-order valence-corrected chi connectivity index (χ0v) is 13.9. The lowest BCUT2D eigenvalue weighted by atomic mass is 9.99. The number of likely N-dealkylation sites (N-methyl/N-ethyl adjacent to an activating group) is 2. The third-order valence-electron chi connectivity index (χ3n) is 3.92. The molecular weight excluding hydrogens is 272 g/mol. The molecule has 2 aromatic carbocycles. The van der Waals surface area contributed by atoms with Gasteiger partial charge in [-0.25, -0.2) is 0 Å². The molecule has 22 heavy (non-hydrogen) atoms. The van der Waals surface area contributed by atoms with E-state index in [0.717, 1.165) is 11.3 Å². The summed E-state index contributed by atoms with van der Waals surface area (Å²) in [7, 11) is 6.01. The first-order chi connectivity index (χ1) is 10.5. The van der Waals surface area contributed by atoms with Gasteiger partial charge < -0.3 is 14.9 Å². The Kier molecular flexibility index (Phi) is 5.58. The highest BCUT2D eigenvalue weighted by molar-refractivity contribution is 5.49. The van der Waals surface area contributed by atoms with E-state index in [1.807, 2.05) is 44.2 Å². The molecule has 0 spiro atoms. The monoisotopic (exact) mass is 298 g/mol. The van der Waals surface area contributed by atoms with E-state index in [0.29, 0.717) is 6.54 Å². The van der Waals surface area contributed by atoms with E-state index in [1.54, 1.807) is 0 Å². The number of aliphatic hydroxyl groups is 1. The Balaban J connectivity index is 2.33. The van der Waals surface area contributed by atoms with Crippen molar-refractivity contribution in [3.63, 3.8) is 0 Å². The van der Waals surface area contributed by atoms with Crippen LogP contribution in [0.5, 0.6) is 0 Å². The molecule has 0 aromatic heterocycles. The molecule has 0 aliphatic heterocycles. The quantitative estimate of drug-likeness (QED) is 0.888. The summed E-state index contributed by atoms with van der Waals surface area (Å²) in [5.41, 5.74) is 3.47. The third-order valence-corrected chi connectivity index (χ3v) is 3.92. The predicted molar refractivity (Wildman–Crippen MR) is 93.3 cm³/mol. The standard InChI is InChI=1S/C19H26N2O/c1-15-10-12-17(13-11-15)21(4)19(18(22)14-20(2)3)16-8-6-5-7-9-16/h5-13,18-19,22H,14H2,1-4H3/t18-,19+/m0/s1. The zero-order chi connectivity index (χ0) is 16.1. The van der Waals surface area contributed by atoms with Crippen LogP contribution in [0, 0.1) is 6.92 Å². The number of hydrogen-bond donors (Lipinski definition) is 1. The highest BCUT2D eigenvalue weighted by Crippen LogP contribution is 2.29. The smallest absolute Gasteiger partial charge is 0.0911 e. The van der Waals surface area contributed by atoms with E-state index < -0.39 is 6.10 Å². The van der Waals surface area contributed by atoms with E-state index in [9.17, 15) is 5.11 Å². The number of nitrogens with zero attached hydrogens (tertiary/aromatic N) is 2. The van der Waals surface area contributed by atoms with Gasteiger partial charge in [0.1, 0.15) is 0 Å². The van der Waals surface area contributed by atoms with Crippen LogP contribution in [0.4, 0.5) is 5.69 Å². The van der Waals surface area contributed by atoms with Gasteiger partial charge in [-0.2, -0.15) is 0 Å². The van der Waals surface area contributed by atoms with Crippen molar-refractivity contribution in [3.05, 3.63) is 65.7 Å². The molecule has 0 amide bonds. The van der Waals surface area contributed by atoms with Crippen molar-refractivity contribution < 1.29 is 5.11 Å². The van der Waals surface area contributed by atoms with Crippen LogP contribution in [0.3, 0.4) is 0 Å². The molecule has 3 heteroatoms. The molecule has 2 rings (SSSR count). The van der Waals surface area contributed by atoms with Crippen LogP contribution < -0.4 is 4.90 Å². The maximum absolute atomic E-state index is 10.7. The zero-order valence-electron chi connectivity index (χ0n) is 13.9. The molecule has 1 N–H and O–H groups in total. The van der Waals surface area contributed by atoms with E-state index in [2.05, 4.69) is 48.2 Å². The number of benzene rings is 2. The summed E-state index contributed by atoms with van der Waals surface area (Å²) in [6, 6.07) is 18.5. The summed E-state index contributed by atoms with van der Waals surface area (Å²) in [6.07, 6.45) is -0.469. The number of hydrogen-bond acceptors (Lipinski definition) is 3. The fourth-order valence-electron chi connectivity index (χ4n) is 2.77. The van der Waals surface area contributed by atoms with Crippen molar-refractivity contribution in [2.45, 2.75) is 19.1 Å². The first kappa shape index (κ1) is 16.5. The molecule has 0 fully saturated rings. The number of aryl methyl sites for hydroxylation is 1. The van der Waals surface area contributed by atoms with Crippen LogP contribution in [0.25, 0.3) is 0 Å². The van der Waals surface area contributed by atoms with Crippen LogP contribution >= 0.6 is 0 Å². The Morgan fingerprint density at radius 2 is 1.50 bits per heavy atom. The molecule has 0 saturated carbocycles. The maximum Gasteiger partial charge on any atom is 0.0911 e. The van der Waals surface area contributed by atoms with Crippen LogP contribution in [-0.2, 0) is 0 Å². The van der Waals surface area contributed by atoms with Crippen molar-refractivity contribution in [2.75, 3.05) is 32.6 Å². The summed E-state index contributed by atoms with van der Waals surface area (Å²) in [5.74, 6) is 0. The Bertz CT molecular complexity index is 566. The first-order valence-corrected chi connectivity index (χ1v) is 7.66. The summed E-state index contributed by atoms with van der Waals surface area (Å²) in [6.45, 7) is 2.70. The Morgan fingerprint density at radius 3 is 2.05 bits per heavy atom. The van der Waals surface area contributed by atoms with Gasteiger partial charge in [-0.1, -0.05) is 48.0 Å². The lowest BCUT2D eigenvalue weighted by molar-refractivity contribution is 0.109. The second-order valence-corrected chi connectivity index (χ2v) is 6.13. The minimum absolute atomic E-state index is 0.0775. The van der Waals surface area contributed by atoms with Gasteiger partial charge in [-0.3, -0.25) is 0 Å². The molecule has 0 saturated heterocycles. The molecule has 0 aliphatic carbocycles. The number of anilines is 1. The highest BCUT2D eigenvalue weighted by atomic mass is 16.3. The van der Waals surface area contributed by atoms with Gasteiger partial charge in [-0.15, -0.1) is 0 Å². The minimum atomic E-state index is -0.469. The average molecular weight is 298 g/mol. The van der Waals surface area contributed by atoms with Crippen molar-refractivity contribution in [3.8, 4) is 0 Å². The lowest BCUT2D eigenvalue weighted by Crippen LogP contribution is -2.39. The molecule has 3 nitrogen and oxygen atoms in total. The second kappa shape index (κ2) is 7.43. The Morgan fingerprint density at radius 1 is 0.909 bits per heavy atom. The van der Waals surface area contributed by atoms with Gasteiger partial charge in [0.05, 0.1) is 12.1 Å². The van der Waals surface area contributed by atoms with Gasteiger partial charge >= 0.3 is 0 Å². The molecule has 0 aliphatic rings. The normalized spacial score (nSPS) is 13.9. The lowest BCUT2D eigenvalue weighted by Gasteiger charge is -2.35. The molecule has 2 aromatic rings. The van der Waals surface area contributed by atoms with Crippen molar-refractivity contribution in [1.29, 1.82) is 0 Å². The van der Waals surface area contributed by atoms with Crippen LogP contribution in [0.2, 0.25) is 0 Å². The molecule has 0 bridgehead atoms. The molecule has 118 valence electrons. The number of rotatable bonds is 6. The first-order valence-electron chi connectivity index (χ1n) is 7.66. The predicted octanol–water partition coefficient (Wildman–Crippen LogP) is 3.10. The molecule has 0 unspecified atom stereocenters. The summed E-state index contributed by atoms with van der Waals surface area (Å²) in [4.78, 5) is 4.17. The largest absolute Gasteiger partial charge is 0.389 e. The molecule has 0 heterocycles. The number of aliphatic hydroxyl groups excluding tert-OH is 1. The van der Waals surface area contributed by atoms with Gasteiger partial charge in [-0.05, 0) is 38.7 Å². The van der Waals surface area contributed by atoms with Crippen LogP contribution in [0.15, 0.2) is 54.6 Å². The third kappa shape index (κ3) is 4.09. The van der Waals surface area contributed by atoms with Crippen LogP contribution in [-0.4, -0.2) is 43.8 Å². The van der Waals surface area contributed by atoms with Crippen LogP contribution in [0.1, 0.15) is 17.2 Å². The van der Waals surface area contributed by atoms with Crippen molar-refractivity contribution >= 4 is 5.69 Å².